The molecule has 0 saturated heterocycles. The Morgan fingerprint density at radius 3 is 2.33 bits per heavy atom. The van der Waals surface area contributed by atoms with Gasteiger partial charge in [-0.2, -0.15) is 0 Å². The fourth-order valence-corrected chi connectivity index (χ4v) is 1.00. The third-order valence-corrected chi connectivity index (χ3v) is 1.57. The Morgan fingerprint density at radius 1 is 1.33 bits per heavy atom. The van der Waals surface area contributed by atoms with Crippen molar-refractivity contribution in [3.05, 3.63) is 35.4 Å². The lowest BCUT2D eigenvalue weighted by atomic mass is 10.1. The van der Waals surface area contributed by atoms with Crippen LogP contribution in [0.3, 0.4) is 0 Å². The Balaban J connectivity index is 2.77. The molecule has 1 rings (SSSR count). The summed E-state index contributed by atoms with van der Waals surface area (Å²) in [5, 5.41) is 0. The molecule has 1 aromatic carbocycles. The molecular formula is C10H10O2. The molecule has 0 amide bonds. The number of aldehydes is 1. The zero-order valence-electron chi connectivity index (χ0n) is 6.91. The van der Waals surface area contributed by atoms with Crippen molar-refractivity contribution in [1.29, 1.82) is 0 Å². The van der Waals surface area contributed by atoms with E-state index in [9.17, 15) is 9.59 Å². The van der Waals surface area contributed by atoms with Gasteiger partial charge < -0.3 is 0 Å². The SMILES string of the molecule is CC(=O)Cc1ccc(C=O)cc1. The van der Waals surface area contributed by atoms with E-state index in [-0.39, 0.29) is 5.78 Å². The standard InChI is InChI=1S/C10H10O2/c1-8(12)6-9-2-4-10(7-11)5-3-9/h2-5,7H,6H2,1H3. The zero-order chi connectivity index (χ0) is 8.97. The highest BCUT2D eigenvalue weighted by Crippen LogP contribution is 2.03. The van der Waals surface area contributed by atoms with Crippen molar-refractivity contribution < 1.29 is 9.59 Å². The van der Waals surface area contributed by atoms with Crippen molar-refractivity contribution in [2.75, 3.05) is 0 Å². The molecule has 2 nitrogen and oxygen atoms in total. The van der Waals surface area contributed by atoms with Crippen molar-refractivity contribution in [1.82, 2.24) is 0 Å². The van der Waals surface area contributed by atoms with Crippen LogP contribution in [-0.2, 0) is 11.2 Å². The van der Waals surface area contributed by atoms with Gasteiger partial charge in [-0.05, 0) is 12.5 Å². The van der Waals surface area contributed by atoms with Crippen molar-refractivity contribution >= 4 is 12.1 Å². The van der Waals surface area contributed by atoms with Crippen LogP contribution in [0.2, 0.25) is 0 Å². The molecule has 0 atom stereocenters. The predicted octanol–water partition coefficient (Wildman–Crippen LogP) is 1.63. The quantitative estimate of drug-likeness (QED) is 0.633. The number of Topliss-reactive ketones (excluding diaryl/α,β-unsaturated/α-hetero) is 1. The summed E-state index contributed by atoms with van der Waals surface area (Å²) < 4.78 is 0. The van der Waals surface area contributed by atoms with Gasteiger partial charge in [0.05, 0.1) is 0 Å². The second-order valence-corrected chi connectivity index (χ2v) is 2.74. The second-order valence-electron chi connectivity index (χ2n) is 2.74. The van der Waals surface area contributed by atoms with Gasteiger partial charge in [0, 0.05) is 12.0 Å². The van der Waals surface area contributed by atoms with E-state index in [0.29, 0.717) is 12.0 Å². The van der Waals surface area contributed by atoms with E-state index in [1.807, 2.05) is 0 Å². The molecule has 62 valence electrons. The van der Waals surface area contributed by atoms with Gasteiger partial charge in [0.15, 0.2) is 0 Å². The minimum absolute atomic E-state index is 0.133. The molecule has 0 aliphatic carbocycles. The molecular weight excluding hydrogens is 152 g/mol. The molecule has 0 aromatic heterocycles. The van der Waals surface area contributed by atoms with Gasteiger partial charge in [0.25, 0.3) is 0 Å². The number of benzene rings is 1. The fourth-order valence-electron chi connectivity index (χ4n) is 1.00. The first-order valence-corrected chi connectivity index (χ1v) is 3.76. The fraction of sp³-hybridized carbons (Fsp3) is 0.200. The molecule has 1 aromatic rings. The molecule has 0 spiro atoms. The minimum atomic E-state index is 0.133. The summed E-state index contributed by atoms with van der Waals surface area (Å²) in [5.41, 5.74) is 1.59. The summed E-state index contributed by atoms with van der Waals surface area (Å²) in [6, 6.07) is 7.02. The van der Waals surface area contributed by atoms with E-state index in [4.69, 9.17) is 0 Å². The minimum Gasteiger partial charge on any atom is -0.300 e. The molecule has 0 aliphatic rings. The highest BCUT2D eigenvalue weighted by Gasteiger charge is 1.96. The summed E-state index contributed by atoms with van der Waals surface area (Å²) >= 11 is 0. The molecule has 0 saturated carbocycles. The van der Waals surface area contributed by atoms with Crippen LogP contribution in [0, 0.1) is 0 Å². The van der Waals surface area contributed by atoms with Crippen LogP contribution in [0.1, 0.15) is 22.8 Å². The Labute approximate surface area is 71.2 Å². The molecule has 0 fully saturated rings. The second kappa shape index (κ2) is 3.81. The number of carbonyl (C=O) groups excluding carboxylic acids is 2. The van der Waals surface area contributed by atoms with Gasteiger partial charge in [0.1, 0.15) is 12.1 Å². The van der Waals surface area contributed by atoms with Gasteiger partial charge in [-0.3, -0.25) is 9.59 Å². The molecule has 0 bridgehead atoms. The Kier molecular flexibility index (Phi) is 2.75. The van der Waals surface area contributed by atoms with Gasteiger partial charge >= 0.3 is 0 Å². The summed E-state index contributed by atoms with van der Waals surface area (Å²) in [6.07, 6.45) is 1.23. The molecule has 12 heavy (non-hydrogen) atoms. The Hall–Kier alpha value is -1.44. The third-order valence-electron chi connectivity index (χ3n) is 1.57. The smallest absolute Gasteiger partial charge is 0.150 e. The van der Waals surface area contributed by atoms with Crippen LogP contribution in [0.25, 0.3) is 0 Å². The van der Waals surface area contributed by atoms with Crippen LogP contribution < -0.4 is 0 Å². The monoisotopic (exact) mass is 162 g/mol. The lowest BCUT2D eigenvalue weighted by Gasteiger charge is -1.96. The van der Waals surface area contributed by atoms with E-state index in [1.165, 1.54) is 0 Å². The van der Waals surface area contributed by atoms with E-state index in [1.54, 1.807) is 31.2 Å². The van der Waals surface area contributed by atoms with Gasteiger partial charge in [-0.15, -0.1) is 0 Å². The highest BCUT2D eigenvalue weighted by atomic mass is 16.1. The summed E-state index contributed by atoms with van der Waals surface area (Å²) in [5.74, 6) is 0.133. The largest absolute Gasteiger partial charge is 0.300 e. The average molecular weight is 162 g/mol. The first-order chi connectivity index (χ1) is 5.72. The first-order valence-electron chi connectivity index (χ1n) is 3.76. The van der Waals surface area contributed by atoms with Crippen molar-refractivity contribution in [2.45, 2.75) is 13.3 Å². The average Bonchev–Trinajstić information content (AvgIpc) is 2.05. The van der Waals surface area contributed by atoms with Crippen molar-refractivity contribution in [3.8, 4) is 0 Å². The van der Waals surface area contributed by atoms with E-state index >= 15 is 0 Å². The van der Waals surface area contributed by atoms with Gasteiger partial charge in [-0.25, -0.2) is 0 Å². The molecule has 0 N–H and O–H groups in total. The summed E-state index contributed by atoms with van der Waals surface area (Å²) in [7, 11) is 0. The maximum absolute atomic E-state index is 10.7. The zero-order valence-corrected chi connectivity index (χ0v) is 6.91. The van der Waals surface area contributed by atoms with Crippen molar-refractivity contribution in [3.63, 3.8) is 0 Å². The molecule has 0 heterocycles. The van der Waals surface area contributed by atoms with Crippen molar-refractivity contribution in [2.24, 2.45) is 0 Å². The highest BCUT2D eigenvalue weighted by molar-refractivity contribution is 5.79. The number of hydrogen-bond donors (Lipinski definition) is 0. The van der Waals surface area contributed by atoms with Crippen LogP contribution >= 0.6 is 0 Å². The number of carbonyl (C=O) groups is 2. The lowest BCUT2D eigenvalue weighted by molar-refractivity contribution is -0.116. The third kappa shape index (κ3) is 2.31. The van der Waals surface area contributed by atoms with Gasteiger partial charge in [-0.1, -0.05) is 24.3 Å². The molecule has 2 heteroatoms. The topological polar surface area (TPSA) is 34.1 Å². The van der Waals surface area contributed by atoms with E-state index < -0.39 is 0 Å². The molecule has 0 radical (unpaired) electrons. The first kappa shape index (κ1) is 8.65. The van der Waals surface area contributed by atoms with E-state index in [2.05, 4.69) is 0 Å². The van der Waals surface area contributed by atoms with Crippen LogP contribution in [0.15, 0.2) is 24.3 Å². The van der Waals surface area contributed by atoms with Crippen LogP contribution in [-0.4, -0.2) is 12.1 Å². The number of hydrogen-bond acceptors (Lipinski definition) is 2. The van der Waals surface area contributed by atoms with Crippen LogP contribution in [0.4, 0.5) is 0 Å². The summed E-state index contributed by atoms with van der Waals surface area (Å²) in [4.78, 5) is 21.0. The van der Waals surface area contributed by atoms with E-state index in [0.717, 1.165) is 11.8 Å². The van der Waals surface area contributed by atoms with Gasteiger partial charge in [0.2, 0.25) is 0 Å². The maximum Gasteiger partial charge on any atom is 0.150 e. The number of ketones is 1. The number of rotatable bonds is 3. The maximum atomic E-state index is 10.7. The predicted molar refractivity (Wildman–Crippen MR) is 46.2 cm³/mol. The lowest BCUT2D eigenvalue weighted by Crippen LogP contribution is -1.95. The van der Waals surface area contributed by atoms with Crippen LogP contribution in [0.5, 0.6) is 0 Å². The normalized spacial score (nSPS) is 9.42. The summed E-state index contributed by atoms with van der Waals surface area (Å²) in [6.45, 7) is 1.55. The Morgan fingerprint density at radius 2 is 1.92 bits per heavy atom. The molecule has 0 aliphatic heterocycles. The molecule has 0 unspecified atom stereocenters. The Bertz CT molecular complexity index is 285.